The van der Waals surface area contributed by atoms with E-state index in [2.05, 4.69) is 35.8 Å². The van der Waals surface area contributed by atoms with Crippen LogP contribution in [0.4, 0.5) is 0 Å². The topological polar surface area (TPSA) is 38.0 Å². The number of hydrogen-bond donors (Lipinski definition) is 2. The second-order valence-electron chi connectivity index (χ2n) is 3.27. The van der Waals surface area contributed by atoms with Gasteiger partial charge < -0.3 is 11.1 Å². The van der Waals surface area contributed by atoms with E-state index in [9.17, 15) is 0 Å². The van der Waals surface area contributed by atoms with Gasteiger partial charge in [-0.05, 0) is 44.0 Å². The molecule has 0 amide bonds. The minimum absolute atomic E-state index is 0.151. The van der Waals surface area contributed by atoms with Crippen molar-refractivity contribution in [3.05, 3.63) is 29.8 Å². The fourth-order valence-electron chi connectivity index (χ4n) is 1.32. The van der Waals surface area contributed by atoms with Crippen LogP contribution in [-0.4, -0.2) is 19.8 Å². The number of nitrogens with one attached hydrogen (secondary N) is 1. The van der Waals surface area contributed by atoms with E-state index in [1.165, 1.54) is 10.5 Å². The average Bonchev–Trinajstić information content (AvgIpc) is 2.26. The number of nitrogens with two attached hydrogens (primary N) is 1. The molecule has 1 atom stereocenters. The first kappa shape index (κ1) is 11.6. The first-order chi connectivity index (χ1) is 6.77. The highest BCUT2D eigenvalue weighted by molar-refractivity contribution is 7.98. The predicted molar refractivity (Wildman–Crippen MR) is 63.7 cm³/mol. The summed E-state index contributed by atoms with van der Waals surface area (Å²) in [6, 6.07) is 8.63. The zero-order valence-corrected chi connectivity index (χ0v) is 9.60. The molecule has 0 saturated heterocycles. The lowest BCUT2D eigenvalue weighted by atomic mass is 10.1. The molecule has 1 aromatic rings. The third-order valence-corrected chi connectivity index (χ3v) is 2.99. The molecule has 0 fully saturated rings. The summed E-state index contributed by atoms with van der Waals surface area (Å²) in [5.74, 6) is 0. The molecule has 0 aliphatic rings. The van der Waals surface area contributed by atoms with Gasteiger partial charge in [-0.15, -0.1) is 11.8 Å². The van der Waals surface area contributed by atoms with E-state index in [-0.39, 0.29) is 6.04 Å². The first-order valence-corrected chi connectivity index (χ1v) is 6.04. The second kappa shape index (κ2) is 6.06. The van der Waals surface area contributed by atoms with Crippen LogP contribution in [0.2, 0.25) is 0 Å². The standard InChI is InChI=1S/C11H18N2S/c1-13-8-7-11(12)9-3-5-10(14-2)6-4-9/h3-6,11,13H,7-8,12H2,1-2H3. The van der Waals surface area contributed by atoms with Crippen molar-refractivity contribution in [2.24, 2.45) is 5.73 Å². The third-order valence-electron chi connectivity index (χ3n) is 2.25. The highest BCUT2D eigenvalue weighted by atomic mass is 32.2. The molecule has 1 unspecified atom stereocenters. The molecule has 0 radical (unpaired) electrons. The fraction of sp³-hybridized carbons (Fsp3) is 0.455. The molecule has 78 valence electrons. The summed E-state index contributed by atoms with van der Waals surface area (Å²) < 4.78 is 0. The van der Waals surface area contributed by atoms with Crippen molar-refractivity contribution in [3.8, 4) is 0 Å². The Bertz CT molecular complexity index is 258. The first-order valence-electron chi connectivity index (χ1n) is 4.82. The normalized spacial score (nSPS) is 12.8. The van der Waals surface area contributed by atoms with Gasteiger partial charge in [0.2, 0.25) is 0 Å². The van der Waals surface area contributed by atoms with Crippen LogP contribution in [0.5, 0.6) is 0 Å². The molecule has 1 aromatic carbocycles. The highest BCUT2D eigenvalue weighted by Gasteiger charge is 2.04. The quantitative estimate of drug-likeness (QED) is 0.730. The van der Waals surface area contributed by atoms with Crippen LogP contribution in [0, 0.1) is 0 Å². The van der Waals surface area contributed by atoms with Crippen LogP contribution in [0.1, 0.15) is 18.0 Å². The van der Waals surface area contributed by atoms with E-state index in [4.69, 9.17) is 5.73 Å². The number of hydrogen-bond acceptors (Lipinski definition) is 3. The third kappa shape index (κ3) is 3.33. The zero-order chi connectivity index (χ0) is 10.4. The summed E-state index contributed by atoms with van der Waals surface area (Å²) in [5, 5.41) is 3.11. The van der Waals surface area contributed by atoms with Gasteiger partial charge in [0.15, 0.2) is 0 Å². The van der Waals surface area contributed by atoms with Crippen LogP contribution in [0.3, 0.4) is 0 Å². The molecule has 0 aliphatic carbocycles. The highest BCUT2D eigenvalue weighted by Crippen LogP contribution is 2.19. The molecule has 0 saturated carbocycles. The molecule has 3 N–H and O–H groups in total. The van der Waals surface area contributed by atoms with Gasteiger partial charge in [-0.1, -0.05) is 12.1 Å². The Balaban J connectivity index is 2.57. The Kier molecular flexibility index (Phi) is 5.01. The maximum Gasteiger partial charge on any atom is 0.0307 e. The van der Waals surface area contributed by atoms with Crippen molar-refractivity contribution in [2.45, 2.75) is 17.4 Å². The van der Waals surface area contributed by atoms with Gasteiger partial charge in [0.25, 0.3) is 0 Å². The van der Waals surface area contributed by atoms with Crippen LogP contribution < -0.4 is 11.1 Å². The smallest absolute Gasteiger partial charge is 0.0307 e. The van der Waals surface area contributed by atoms with Crippen molar-refractivity contribution in [2.75, 3.05) is 19.8 Å². The van der Waals surface area contributed by atoms with Gasteiger partial charge in [-0.2, -0.15) is 0 Å². The molecule has 2 nitrogen and oxygen atoms in total. The Morgan fingerprint density at radius 1 is 1.36 bits per heavy atom. The minimum Gasteiger partial charge on any atom is -0.324 e. The summed E-state index contributed by atoms with van der Waals surface area (Å²) in [5.41, 5.74) is 7.25. The molecule has 14 heavy (non-hydrogen) atoms. The molecular formula is C11H18N2S. The van der Waals surface area contributed by atoms with Crippen LogP contribution in [0.25, 0.3) is 0 Å². The zero-order valence-electron chi connectivity index (χ0n) is 8.79. The predicted octanol–water partition coefficient (Wildman–Crippen LogP) is 2.02. The summed E-state index contributed by atoms with van der Waals surface area (Å²) >= 11 is 1.75. The molecule has 0 aromatic heterocycles. The number of thioether (sulfide) groups is 1. The SMILES string of the molecule is CNCCC(N)c1ccc(SC)cc1. The van der Waals surface area contributed by atoms with Gasteiger partial charge in [0.1, 0.15) is 0 Å². The lowest BCUT2D eigenvalue weighted by Crippen LogP contribution is -2.17. The fourth-order valence-corrected chi connectivity index (χ4v) is 1.73. The van der Waals surface area contributed by atoms with Crippen molar-refractivity contribution >= 4 is 11.8 Å². The molecule has 0 spiro atoms. The largest absolute Gasteiger partial charge is 0.324 e. The maximum atomic E-state index is 6.03. The van der Waals surface area contributed by atoms with Gasteiger partial charge in [-0.3, -0.25) is 0 Å². The summed E-state index contributed by atoms with van der Waals surface area (Å²) in [6.07, 6.45) is 3.06. The summed E-state index contributed by atoms with van der Waals surface area (Å²) in [6.45, 7) is 0.964. The van der Waals surface area contributed by atoms with Gasteiger partial charge >= 0.3 is 0 Å². The Hall–Kier alpha value is -0.510. The van der Waals surface area contributed by atoms with Crippen molar-refractivity contribution in [3.63, 3.8) is 0 Å². The Labute approximate surface area is 90.3 Å². The van der Waals surface area contributed by atoms with Crippen molar-refractivity contribution in [1.82, 2.24) is 5.32 Å². The second-order valence-corrected chi connectivity index (χ2v) is 4.15. The van der Waals surface area contributed by atoms with Crippen molar-refractivity contribution < 1.29 is 0 Å². The van der Waals surface area contributed by atoms with E-state index >= 15 is 0 Å². The number of benzene rings is 1. The van der Waals surface area contributed by atoms with Crippen molar-refractivity contribution in [1.29, 1.82) is 0 Å². The van der Waals surface area contributed by atoms with Gasteiger partial charge in [0, 0.05) is 10.9 Å². The van der Waals surface area contributed by atoms with E-state index in [1.54, 1.807) is 11.8 Å². The molecule has 0 heterocycles. The lowest BCUT2D eigenvalue weighted by Gasteiger charge is -2.11. The molecule has 0 bridgehead atoms. The van der Waals surface area contributed by atoms with Crippen LogP contribution in [0.15, 0.2) is 29.2 Å². The van der Waals surface area contributed by atoms with Gasteiger partial charge in [0.05, 0.1) is 0 Å². The van der Waals surface area contributed by atoms with E-state index in [0.29, 0.717) is 0 Å². The average molecular weight is 210 g/mol. The molecule has 3 heteroatoms. The summed E-state index contributed by atoms with van der Waals surface area (Å²) in [4.78, 5) is 1.29. The lowest BCUT2D eigenvalue weighted by molar-refractivity contribution is 0.615. The molecule has 1 rings (SSSR count). The molecule has 0 aliphatic heterocycles. The monoisotopic (exact) mass is 210 g/mol. The summed E-state index contributed by atoms with van der Waals surface area (Å²) in [7, 11) is 1.95. The Morgan fingerprint density at radius 2 is 2.00 bits per heavy atom. The van der Waals surface area contributed by atoms with E-state index in [0.717, 1.165) is 13.0 Å². The maximum absolute atomic E-state index is 6.03. The molecular weight excluding hydrogens is 192 g/mol. The van der Waals surface area contributed by atoms with Crippen LogP contribution >= 0.6 is 11.8 Å². The minimum atomic E-state index is 0.151. The van der Waals surface area contributed by atoms with E-state index < -0.39 is 0 Å². The van der Waals surface area contributed by atoms with Crippen LogP contribution in [-0.2, 0) is 0 Å². The number of rotatable bonds is 5. The van der Waals surface area contributed by atoms with Gasteiger partial charge in [-0.25, -0.2) is 0 Å². The Morgan fingerprint density at radius 3 is 2.50 bits per heavy atom. The van der Waals surface area contributed by atoms with E-state index in [1.807, 2.05) is 7.05 Å².